The van der Waals surface area contributed by atoms with Crippen LogP contribution in [0.5, 0.6) is 5.75 Å². The summed E-state index contributed by atoms with van der Waals surface area (Å²) in [6.45, 7) is 0.530. The molecular formula is C16H13FN2O2. The summed E-state index contributed by atoms with van der Waals surface area (Å²) in [5, 5.41) is 4.17. The van der Waals surface area contributed by atoms with Crippen LogP contribution in [0.3, 0.4) is 0 Å². The minimum absolute atomic E-state index is 0.362. The molecule has 0 fully saturated rings. The molecule has 0 saturated carbocycles. The number of carbonyl (C=O) groups is 1. The number of rotatable bonds is 2. The minimum atomic E-state index is -0.378. The summed E-state index contributed by atoms with van der Waals surface area (Å²) in [4.78, 5) is 11.9. The molecule has 5 heteroatoms. The number of carbonyl (C=O) groups excluding carboxylic acids is 1. The van der Waals surface area contributed by atoms with E-state index in [9.17, 15) is 9.18 Å². The van der Waals surface area contributed by atoms with E-state index in [0.29, 0.717) is 18.6 Å². The average Bonchev–Trinajstić information content (AvgIpc) is 2.53. The molecule has 21 heavy (non-hydrogen) atoms. The molecule has 0 atom stereocenters. The molecule has 1 heterocycles. The van der Waals surface area contributed by atoms with Gasteiger partial charge in [0.2, 0.25) is 0 Å². The van der Waals surface area contributed by atoms with Crippen LogP contribution in [-0.4, -0.2) is 18.2 Å². The molecule has 0 unspecified atom stereocenters. The third-order valence-corrected chi connectivity index (χ3v) is 3.19. The Kier molecular flexibility index (Phi) is 3.64. The quantitative estimate of drug-likeness (QED) is 0.862. The molecule has 3 rings (SSSR count). The van der Waals surface area contributed by atoms with Crippen LogP contribution in [0.15, 0.2) is 53.6 Å². The largest absolute Gasteiger partial charge is 0.492 e. The van der Waals surface area contributed by atoms with E-state index in [1.807, 2.05) is 24.3 Å². The van der Waals surface area contributed by atoms with Gasteiger partial charge in [-0.2, -0.15) is 5.10 Å². The lowest BCUT2D eigenvalue weighted by Gasteiger charge is -2.18. The molecule has 0 aromatic heterocycles. The fourth-order valence-corrected chi connectivity index (χ4v) is 2.12. The zero-order valence-electron chi connectivity index (χ0n) is 11.2. The summed E-state index contributed by atoms with van der Waals surface area (Å²) in [5.41, 5.74) is 4.51. The Hall–Kier alpha value is -2.69. The van der Waals surface area contributed by atoms with Crippen LogP contribution in [0.25, 0.3) is 0 Å². The van der Waals surface area contributed by atoms with Crippen molar-refractivity contribution in [1.29, 1.82) is 0 Å². The number of amides is 1. The predicted octanol–water partition coefficient (Wildman–Crippen LogP) is 2.74. The van der Waals surface area contributed by atoms with Crippen LogP contribution >= 0.6 is 0 Å². The van der Waals surface area contributed by atoms with Crippen LogP contribution in [0.2, 0.25) is 0 Å². The fourth-order valence-electron chi connectivity index (χ4n) is 2.12. The molecule has 1 aliphatic heterocycles. The van der Waals surface area contributed by atoms with Crippen molar-refractivity contribution in [1.82, 2.24) is 5.43 Å². The highest BCUT2D eigenvalue weighted by molar-refractivity contribution is 6.04. The summed E-state index contributed by atoms with van der Waals surface area (Å²) in [6.07, 6.45) is 0.626. The molecule has 1 amide bonds. The monoisotopic (exact) mass is 284 g/mol. The SMILES string of the molecule is O=C(N/N=C1/CCOc2ccccc21)c1ccc(F)cc1. The Morgan fingerprint density at radius 2 is 1.90 bits per heavy atom. The van der Waals surface area contributed by atoms with Gasteiger partial charge in [0.1, 0.15) is 11.6 Å². The molecule has 2 aromatic carbocycles. The number of nitrogens with one attached hydrogen (secondary N) is 1. The van der Waals surface area contributed by atoms with Gasteiger partial charge in [-0.15, -0.1) is 0 Å². The predicted molar refractivity (Wildman–Crippen MR) is 77.0 cm³/mol. The Bertz CT molecular complexity index is 696. The zero-order chi connectivity index (χ0) is 14.7. The number of hydrazone groups is 1. The summed E-state index contributed by atoms with van der Waals surface area (Å²) < 4.78 is 18.3. The molecule has 2 aromatic rings. The number of hydrogen-bond acceptors (Lipinski definition) is 3. The van der Waals surface area contributed by atoms with E-state index in [1.54, 1.807) is 0 Å². The van der Waals surface area contributed by atoms with Crippen molar-refractivity contribution in [3.05, 3.63) is 65.5 Å². The molecule has 1 N–H and O–H groups in total. The Morgan fingerprint density at radius 3 is 2.71 bits per heavy atom. The van der Waals surface area contributed by atoms with Gasteiger partial charge in [-0.05, 0) is 36.4 Å². The van der Waals surface area contributed by atoms with E-state index in [0.717, 1.165) is 17.0 Å². The zero-order valence-corrected chi connectivity index (χ0v) is 11.2. The molecule has 0 aliphatic carbocycles. The van der Waals surface area contributed by atoms with Crippen molar-refractivity contribution in [3.63, 3.8) is 0 Å². The van der Waals surface area contributed by atoms with Crippen molar-refractivity contribution in [3.8, 4) is 5.75 Å². The van der Waals surface area contributed by atoms with E-state index in [1.165, 1.54) is 24.3 Å². The first kappa shape index (κ1) is 13.3. The number of ether oxygens (including phenoxy) is 1. The van der Waals surface area contributed by atoms with Crippen molar-refractivity contribution < 1.29 is 13.9 Å². The van der Waals surface area contributed by atoms with Crippen LogP contribution in [0.1, 0.15) is 22.3 Å². The van der Waals surface area contributed by atoms with E-state index < -0.39 is 0 Å². The summed E-state index contributed by atoms with van der Waals surface area (Å²) in [5.74, 6) is 0.0150. The molecular weight excluding hydrogens is 271 g/mol. The fraction of sp³-hybridized carbons (Fsp3) is 0.125. The van der Waals surface area contributed by atoms with E-state index in [2.05, 4.69) is 10.5 Å². The van der Waals surface area contributed by atoms with Gasteiger partial charge in [-0.3, -0.25) is 4.79 Å². The van der Waals surface area contributed by atoms with Crippen LogP contribution in [-0.2, 0) is 0 Å². The number of para-hydroxylation sites is 1. The first-order chi connectivity index (χ1) is 10.2. The molecule has 1 aliphatic rings. The molecule has 0 spiro atoms. The molecule has 0 radical (unpaired) electrons. The summed E-state index contributed by atoms with van der Waals surface area (Å²) >= 11 is 0. The van der Waals surface area contributed by atoms with E-state index in [-0.39, 0.29) is 11.7 Å². The third kappa shape index (κ3) is 2.91. The first-order valence-corrected chi connectivity index (χ1v) is 6.59. The Balaban J connectivity index is 1.78. The third-order valence-electron chi connectivity index (χ3n) is 3.19. The highest BCUT2D eigenvalue weighted by Gasteiger charge is 2.16. The summed E-state index contributed by atoms with van der Waals surface area (Å²) in [6, 6.07) is 12.9. The van der Waals surface area contributed by atoms with Gasteiger partial charge in [0.15, 0.2) is 0 Å². The maximum Gasteiger partial charge on any atom is 0.271 e. The number of fused-ring (bicyclic) bond motifs is 1. The first-order valence-electron chi connectivity index (χ1n) is 6.59. The Labute approximate surface area is 121 Å². The van der Waals surface area contributed by atoms with Gasteiger partial charge < -0.3 is 4.74 Å². The van der Waals surface area contributed by atoms with Gasteiger partial charge in [-0.1, -0.05) is 12.1 Å². The van der Waals surface area contributed by atoms with Gasteiger partial charge in [0, 0.05) is 17.5 Å². The molecule has 4 nitrogen and oxygen atoms in total. The topological polar surface area (TPSA) is 50.7 Å². The number of nitrogens with zero attached hydrogens (tertiary/aromatic N) is 1. The molecule has 106 valence electrons. The van der Waals surface area contributed by atoms with E-state index >= 15 is 0 Å². The standard InChI is InChI=1S/C16H13FN2O2/c17-12-7-5-11(6-8-12)16(20)19-18-14-9-10-21-15-4-2-1-3-13(14)15/h1-8H,9-10H2,(H,19,20)/b18-14-. The van der Waals surface area contributed by atoms with Crippen molar-refractivity contribution in [2.75, 3.05) is 6.61 Å². The summed E-state index contributed by atoms with van der Waals surface area (Å²) in [7, 11) is 0. The Morgan fingerprint density at radius 1 is 1.14 bits per heavy atom. The maximum absolute atomic E-state index is 12.8. The van der Waals surface area contributed by atoms with Crippen LogP contribution in [0, 0.1) is 5.82 Å². The van der Waals surface area contributed by atoms with Crippen LogP contribution < -0.4 is 10.2 Å². The van der Waals surface area contributed by atoms with Gasteiger partial charge in [0.05, 0.1) is 12.3 Å². The van der Waals surface area contributed by atoms with Gasteiger partial charge in [0.25, 0.3) is 5.91 Å². The smallest absolute Gasteiger partial charge is 0.271 e. The lowest BCUT2D eigenvalue weighted by Crippen LogP contribution is -2.23. The molecule has 0 bridgehead atoms. The highest BCUT2D eigenvalue weighted by Crippen LogP contribution is 2.24. The normalized spacial score (nSPS) is 15.2. The van der Waals surface area contributed by atoms with E-state index in [4.69, 9.17) is 4.74 Å². The lowest BCUT2D eigenvalue weighted by atomic mass is 10.0. The second-order valence-electron chi connectivity index (χ2n) is 4.60. The number of benzene rings is 2. The average molecular weight is 284 g/mol. The second-order valence-corrected chi connectivity index (χ2v) is 4.60. The lowest BCUT2D eigenvalue weighted by molar-refractivity contribution is 0.0954. The van der Waals surface area contributed by atoms with Crippen molar-refractivity contribution >= 4 is 11.6 Å². The van der Waals surface area contributed by atoms with Gasteiger partial charge in [-0.25, -0.2) is 9.82 Å². The van der Waals surface area contributed by atoms with Crippen LogP contribution in [0.4, 0.5) is 4.39 Å². The second kappa shape index (κ2) is 5.75. The maximum atomic E-state index is 12.8. The van der Waals surface area contributed by atoms with Gasteiger partial charge >= 0.3 is 0 Å². The molecule has 0 saturated heterocycles. The number of hydrogen-bond donors (Lipinski definition) is 1. The van der Waals surface area contributed by atoms with Crippen molar-refractivity contribution in [2.24, 2.45) is 5.10 Å². The minimum Gasteiger partial charge on any atom is -0.492 e. The van der Waals surface area contributed by atoms with Crippen molar-refractivity contribution in [2.45, 2.75) is 6.42 Å². The highest BCUT2D eigenvalue weighted by atomic mass is 19.1. The number of halogens is 1.